The first-order valence-corrected chi connectivity index (χ1v) is 4.66. The van der Waals surface area contributed by atoms with E-state index in [1.54, 1.807) is 0 Å². The Balaban J connectivity index is 0.000000791. The molecule has 14 heavy (non-hydrogen) atoms. The lowest BCUT2D eigenvalue weighted by atomic mass is 10.2. The molecule has 4 nitrogen and oxygen atoms in total. The van der Waals surface area contributed by atoms with Crippen LogP contribution in [0.2, 0.25) is 0 Å². The molecule has 1 aromatic rings. The lowest BCUT2D eigenvalue weighted by Gasteiger charge is -2.08. The molecule has 0 fully saturated rings. The van der Waals surface area contributed by atoms with Crippen LogP contribution in [0.3, 0.4) is 0 Å². The van der Waals surface area contributed by atoms with Crippen molar-refractivity contribution in [2.24, 2.45) is 0 Å². The van der Waals surface area contributed by atoms with Gasteiger partial charge >= 0.3 is 0 Å². The van der Waals surface area contributed by atoms with Gasteiger partial charge in [-0.1, -0.05) is 13.8 Å². The maximum absolute atomic E-state index is 9.13. The van der Waals surface area contributed by atoms with Gasteiger partial charge in [-0.3, -0.25) is 0 Å². The van der Waals surface area contributed by atoms with Crippen LogP contribution in [0, 0.1) is 0 Å². The van der Waals surface area contributed by atoms with Crippen LogP contribution in [0.25, 0.3) is 0 Å². The zero-order valence-corrected chi connectivity index (χ0v) is 8.87. The molecule has 4 heteroatoms. The number of hydrogen-bond acceptors (Lipinski definition) is 4. The van der Waals surface area contributed by atoms with Gasteiger partial charge in [-0.15, -0.1) is 0 Å². The number of rotatable bonds is 2. The second-order valence-electron chi connectivity index (χ2n) is 2.38. The molecule has 1 rings (SSSR count). The Morgan fingerprint density at radius 2 is 1.79 bits per heavy atom. The molecular weight excluding hydrogens is 180 g/mol. The smallest absolute Gasteiger partial charge is 0.144 e. The second-order valence-corrected chi connectivity index (χ2v) is 2.38. The molecule has 0 unspecified atom stereocenters. The maximum Gasteiger partial charge on any atom is 0.144 e. The number of ether oxygens (including phenoxy) is 1. The summed E-state index contributed by atoms with van der Waals surface area (Å²) in [5.41, 5.74) is 11.6. The van der Waals surface area contributed by atoms with Crippen LogP contribution in [0.15, 0.2) is 12.1 Å². The van der Waals surface area contributed by atoms with Crippen molar-refractivity contribution in [1.29, 1.82) is 0 Å². The third-order valence-electron chi connectivity index (χ3n) is 1.46. The molecule has 0 atom stereocenters. The molecule has 0 aliphatic carbocycles. The van der Waals surface area contributed by atoms with Crippen molar-refractivity contribution in [3.8, 4) is 11.5 Å². The summed E-state index contributed by atoms with van der Waals surface area (Å²) < 4.78 is 5.16. The predicted octanol–water partition coefficient (Wildman–Crippen LogP) is 1.98. The monoisotopic (exact) mass is 198 g/mol. The Hall–Kier alpha value is -1.58. The standard InChI is InChI=1S/C8H12N2O2.C2H6/c1-2-12-8-4-5(9)7(11)3-6(8)10;1-2/h3-4,11H,2,9-10H2,1H3;1-2H3. The van der Waals surface area contributed by atoms with E-state index in [-0.39, 0.29) is 11.4 Å². The Morgan fingerprint density at radius 1 is 1.21 bits per heavy atom. The maximum atomic E-state index is 9.13. The summed E-state index contributed by atoms with van der Waals surface area (Å²) in [6.45, 7) is 6.37. The molecule has 5 N–H and O–H groups in total. The highest BCUT2D eigenvalue weighted by Crippen LogP contribution is 2.31. The van der Waals surface area contributed by atoms with Gasteiger partial charge in [-0.2, -0.15) is 0 Å². The van der Waals surface area contributed by atoms with Crippen molar-refractivity contribution in [2.75, 3.05) is 18.1 Å². The lowest BCUT2D eigenvalue weighted by Crippen LogP contribution is -1.98. The Morgan fingerprint density at radius 3 is 2.29 bits per heavy atom. The van der Waals surface area contributed by atoms with Crippen molar-refractivity contribution in [3.05, 3.63) is 12.1 Å². The van der Waals surface area contributed by atoms with Gasteiger partial charge in [0.15, 0.2) is 0 Å². The number of nitrogens with two attached hydrogens (primary N) is 2. The lowest BCUT2D eigenvalue weighted by molar-refractivity contribution is 0.341. The summed E-state index contributed by atoms with van der Waals surface area (Å²) in [7, 11) is 0. The van der Waals surface area contributed by atoms with Crippen LogP contribution in [0.4, 0.5) is 11.4 Å². The zero-order valence-electron chi connectivity index (χ0n) is 8.87. The fourth-order valence-corrected chi connectivity index (χ4v) is 0.881. The molecule has 0 aliphatic heterocycles. The SMILES string of the molecule is CC.CCOc1cc(N)c(O)cc1N. The van der Waals surface area contributed by atoms with E-state index in [1.807, 2.05) is 20.8 Å². The predicted molar refractivity (Wildman–Crippen MR) is 59.4 cm³/mol. The van der Waals surface area contributed by atoms with Gasteiger partial charge in [0.05, 0.1) is 18.0 Å². The van der Waals surface area contributed by atoms with E-state index in [2.05, 4.69) is 0 Å². The number of hydrogen-bond donors (Lipinski definition) is 3. The van der Waals surface area contributed by atoms with Crippen LogP contribution in [0.5, 0.6) is 11.5 Å². The Kier molecular flexibility index (Phi) is 5.29. The van der Waals surface area contributed by atoms with Crippen LogP contribution < -0.4 is 16.2 Å². The van der Waals surface area contributed by atoms with Gasteiger partial charge in [-0.05, 0) is 6.92 Å². The molecule has 80 valence electrons. The zero-order chi connectivity index (χ0) is 11.1. The molecular formula is C10H18N2O2. The number of nitrogen functional groups attached to an aromatic ring is 2. The summed E-state index contributed by atoms with van der Waals surface area (Å²) in [6, 6.07) is 2.88. The fraction of sp³-hybridized carbons (Fsp3) is 0.400. The quantitative estimate of drug-likeness (QED) is 0.501. The Bertz CT molecular complexity index is 288. The summed E-state index contributed by atoms with van der Waals surface area (Å²) >= 11 is 0. The summed E-state index contributed by atoms with van der Waals surface area (Å²) in [4.78, 5) is 0. The molecule has 0 heterocycles. The van der Waals surface area contributed by atoms with E-state index in [0.717, 1.165) is 0 Å². The van der Waals surface area contributed by atoms with Crippen molar-refractivity contribution >= 4 is 11.4 Å². The first-order chi connectivity index (χ1) is 6.65. The average molecular weight is 198 g/mol. The number of aromatic hydroxyl groups is 1. The first-order valence-electron chi connectivity index (χ1n) is 4.66. The van der Waals surface area contributed by atoms with E-state index >= 15 is 0 Å². The minimum Gasteiger partial charge on any atom is -0.506 e. The van der Waals surface area contributed by atoms with E-state index < -0.39 is 0 Å². The van der Waals surface area contributed by atoms with Gasteiger partial charge in [0, 0.05) is 12.1 Å². The molecule has 0 bridgehead atoms. The highest BCUT2D eigenvalue weighted by atomic mass is 16.5. The third kappa shape index (κ3) is 3.05. The topological polar surface area (TPSA) is 81.5 Å². The van der Waals surface area contributed by atoms with Gasteiger partial charge in [-0.25, -0.2) is 0 Å². The minimum atomic E-state index is -0.0176. The molecule has 0 amide bonds. The summed E-state index contributed by atoms with van der Waals surface area (Å²) in [5, 5.41) is 9.13. The van der Waals surface area contributed by atoms with Crippen LogP contribution in [0.1, 0.15) is 20.8 Å². The van der Waals surface area contributed by atoms with E-state index in [1.165, 1.54) is 12.1 Å². The van der Waals surface area contributed by atoms with E-state index in [4.69, 9.17) is 21.3 Å². The van der Waals surface area contributed by atoms with Crippen molar-refractivity contribution < 1.29 is 9.84 Å². The number of phenols is 1. The largest absolute Gasteiger partial charge is 0.506 e. The first kappa shape index (κ1) is 12.4. The van der Waals surface area contributed by atoms with E-state index in [9.17, 15) is 0 Å². The van der Waals surface area contributed by atoms with E-state index in [0.29, 0.717) is 18.0 Å². The van der Waals surface area contributed by atoms with Crippen molar-refractivity contribution in [1.82, 2.24) is 0 Å². The molecule has 0 aliphatic rings. The van der Waals surface area contributed by atoms with Gasteiger partial charge in [0.2, 0.25) is 0 Å². The average Bonchev–Trinajstić information content (AvgIpc) is 2.18. The number of anilines is 2. The molecule has 0 aromatic heterocycles. The Labute approximate surface area is 84.5 Å². The van der Waals surface area contributed by atoms with Gasteiger partial charge in [0.1, 0.15) is 11.5 Å². The van der Waals surface area contributed by atoms with Gasteiger partial charge in [0.25, 0.3) is 0 Å². The van der Waals surface area contributed by atoms with Crippen molar-refractivity contribution in [2.45, 2.75) is 20.8 Å². The minimum absolute atomic E-state index is 0.0176. The third-order valence-corrected chi connectivity index (χ3v) is 1.46. The number of phenolic OH excluding ortho intramolecular Hbond substituents is 1. The second kappa shape index (κ2) is 5.96. The molecule has 0 spiro atoms. The van der Waals surface area contributed by atoms with Crippen LogP contribution in [-0.4, -0.2) is 11.7 Å². The normalized spacial score (nSPS) is 8.79. The van der Waals surface area contributed by atoms with Crippen LogP contribution >= 0.6 is 0 Å². The highest BCUT2D eigenvalue weighted by Gasteiger charge is 2.04. The molecule has 0 radical (unpaired) electrons. The highest BCUT2D eigenvalue weighted by molar-refractivity contribution is 5.66. The molecule has 0 saturated heterocycles. The fourth-order valence-electron chi connectivity index (χ4n) is 0.881. The van der Waals surface area contributed by atoms with Crippen LogP contribution in [-0.2, 0) is 0 Å². The molecule has 1 aromatic carbocycles. The van der Waals surface area contributed by atoms with Gasteiger partial charge < -0.3 is 21.3 Å². The molecule has 0 saturated carbocycles. The summed E-state index contributed by atoms with van der Waals surface area (Å²) in [5.74, 6) is 0.490. The van der Waals surface area contributed by atoms with Crippen molar-refractivity contribution in [3.63, 3.8) is 0 Å². The number of benzene rings is 1. The summed E-state index contributed by atoms with van der Waals surface area (Å²) in [6.07, 6.45) is 0.